The number of benzene rings is 1. The van der Waals surface area contributed by atoms with Gasteiger partial charge in [0.15, 0.2) is 0 Å². The Bertz CT molecular complexity index is 760. The number of nitrogens with zero attached hydrogens (tertiary/aromatic N) is 2. The summed E-state index contributed by atoms with van der Waals surface area (Å²) in [6.45, 7) is 6.39. The van der Waals surface area contributed by atoms with Gasteiger partial charge in [-0.25, -0.2) is 4.98 Å². The van der Waals surface area contributed by atoms with E-state index in [2.05, 4.69) is 59.1 Å². The molecule has 22 heavy (non-hydrogen) atoms. The summed E-state index contributed by atoms with van der Waals surface area (Å²) < 4.78 is 0. The number of hydrogen-bond donors (Lipinski definition) is 1. The van der Waals surface area contributed by atoms with E-state index in [0.29, 0.717) is 0 Å². The smallest absolute Gasteiger partial charge is 0.0921 e. The molecular formula is C19H21N3. The molecule has 112 valence electrons. The Morgan fingerprint density at radius 1 is 1.05 bits per heavy atom. The van der Waals surface area contributed by atoms with Crippen LogP contribution in [0.5, 0.6) is 0 Å². The van der Waals surface area contributed by atoms with E-state index in [9.17, 15) is 0 Å². The van der Waals surface area contributed by atoms with Crippen LogP contribution < -0.4 is 0 Å². The minimum atomic E-state index is 0.247. The van der Waals surface area contributed by atoms with Crippen molar-refractivity contribution >= 4 is 0 Å². The van der Waals surface area contributed by atoms with Crippen molar-refractivity contribution < 1.29 is 0 Å². The molecule has 1 N–H and O–H groups in total. The third-order valence-corrected chi connectivity index (χ3v) is 4.28. The highest BCUT2D eigenvalue weighted by molar-refractivity contribution is 5.40. The molecule has 1 aromatic carbocycles. The molecule has 0 aliphatic carbocycles. The van der Waals surface area contributed by atoms with Gasteiger partial charge in [-0.05, 0) is 49.6 Å². The molecule has 0 bridgehead atoms. The highest BCUT2D eigenvalue weighted by atomic mass is 14.9. The average Bonchev–Trinajstić information content (AvgIpc) is 3.02. The topological polar surface area (TPSA) is 41.6 Å². The Balaban J connectivity index is 2.03. The molecule has 0 aliphatic heterocycles. The van der Waals surface area contributed by atoms with Gasteiger partial charge in [-0.3, -0.25) is 4.98 Å². The molecule has 3 heteroatoms. The van der Waals surface area contributed by atoms with E-state index in [0.717, 1.165) is 23.5 Å². The van der Waals surface area contributed by atoms with E-state index in [4.69, 9.17) is 0 Å². The van der Waals surface area contributed by atoms with E-state index < -0.39 is 0 Å². The molecule has 0 radical (unpaired) electrons. The van der Waals surface area contributed by atoms with Gasteiger partial charge < -0.3 is 4.98 Å². The lowest BCUT2D eigenvalue weighted by atomic mass is 9.87. The van der Waals surface area contributed by atoms with Gasteiger partial charge in [-0.15, -0.1) is 0 Å². The van der Waals surface area contributed by atoms with Crippen LogP contribution in [0.1, 0.15) is 39.7 Å². The van der Waals surface area contributed by atoms with Crippen molar-refractivity contribution in [1.29, 1.82) is 0 Å². The van der Waals surface area contributed by atoms with Crippen LogP contribution in [0.2, 0.25) is 0 Å². The van der Waals surface area contributed by atoms with Gasteiger partial charge in [0, 0.05) is 35.6 Å². The Labute approximate surface area is 131 Å². The Morgan fingerprint density at radius 3 is 2.59 bits per heavy atom. The van der Waals surface area contributed by atoms with Gasteiger partial charge >= 0.3 is 0 Å². The number of H-pyrrole nitrogens is 1. The lowest BCUT2D eigenvalue weighted by Gasteiger charge is -2.19. The zero-order chi connectivity index (χ0) is 15.5. The van der Waals surface area contributed by atoms with Crippen molar-refractivity contribution in [3.8, 4) is 0 Å². The van der Waals surface area contributed by atoms with Gasteiger partial charge in [-0.2, -0.15) is 0 Å². The Morgan fingerprint density at radius 2 is 1.86 bits per heavy atom. The minimum absolute atomic E-state index is 0.247. The number of imidazole rings is 1. The molecule has 1 unspecified atom stereocenters. The molecule has 0 spiro atoms. The molecule has 0 saturated carbocycles. The molecule has 3 nitrogen and oxygen atoms in total. The van der Waals surface area contributed by atoms with Crippen molar-refractivity contribution in [2.75, 3.05) is 0 Å². The maximum atomic E-state index is 4.67. The molecule has 2 aromatic heterocycles. The van der Waals surface area contributed by atoms with Crippen LogP contribution >= 0.6 is 0 Å². The Hall–Kier alpha value is -2.42. The first-order valence-electron chi connectivity index (χ1n) is 7.62. The molecule has 0 amide bonds. The van der Waals surface area contributed by atoms with Gasteiger partial charge in [0.2, 0.25) is 0 Å². The zero-order valence-electron chi connectivity index (χ0n) is 13.3. The lowest BCUT2D eigenvalue weighted by molar-refractivity contribution is 0.752. The predicted octanol–water partition coefficient (Wildman–Crippen LogP) is 4.10. The zero-order valence-corrected chi connectivity index (χ0v) is 13.3. The maximum absolute atomic E-state index is 4.67. The van der Waals surface area contributed by atoms with Crippen LogP contribution in [-0.2, 0) is 6.42 Å². The van der Waals surface area contributed by atoms with Crippen LogP contribution in [0.4, 0.5) is 0 Å². The van der Waals surface area contributed by atoms with Crippen LogP contribution in [0.25, 0.3) is 0 Å². The number of pyridine rings is 1. The van der Waals surface area contributed by atoms with E-state index in [1.54, 1.807) is 6.33 Å². The van der Waals surface area contributed by atoms with Crippen molar-refractivity contribution in [2.24, 2.45) is 0 Å². The number of aromatic amines is 1. The fourth-order valence-corrected chi connectivity index (χ4v) is 2.92. The molecule has 2 heterocycles. The fourth-order valence-electron chi connectivity index (χ4n) is 2.92. The second-order valence-electron chi connectivity index (χ2n) is 5.82. The number of aromatic nitrogens is 3. The van der Waals surface area contributed by atoms with Gasteiger partial charge in [0.1, 0.15) is 0 Å². The average molecular weight is 291 g/mol. The summed E-state index contributed by atoms with van der Waals surface area (Å²) in [5.41, 5.74) is 7.31. The molecule has 1 atom stereocenters. The summed E-state index contributed by atoms with van der Waals surface area (Å²) in [7, 11) is 0. The summed E-state index contributed by atoms with van der Waals surface area (Å²) in [6.07, 6.45) is 4.54. The first-order chi connectivity index (χ1) is 10.6. The van der Waals surface area contributed by atoms with E-state index >= 15 is 0 Å². The molecule has 3 aromatic rings. The van der Waals surface area contributed by atoms with E-state index in [-0.39, 0.29) is 5.92 Å². The van der Waals surface area contributed by atoms with Gasteiger partial charge in [0.05, 0.1) is 6.33 Å². The largest absolute Gasteiger partial charge is 0.348 e. The van der Waals surface area contributed by atoms with Crippen LogP contribution in [0.3, 0.4) is 0 Å². The van der Waals surface area contributed by atoms with Crippen molar-refractivity contribution in [3.05, 3.63) is 82.7 Å². The summed E-state index contributed by atoms with van der Waals surface area (Å²) >= 11 is 0. The summed E-state index contributed by atoms with van der Waals surface area (Å²) in [5, 5.41) is 0. The minimum Gasteiger partial charge on any atom is -0.348 e. The van der Waals surface area contributed by atoms with Gasteiger partial charge in [-0.1, -0.05) is 24.3 Å². The Kier molecular flexibility index (Phi) is 4.05. The monoisotopic (exact) mass is 291 g/mol. The quantitative estimate of drug-likeness (QED) is 0.786. The first kappa shape index (κ1) is 14.5. The summed E-state index contributed by atoms with van der Waals surface area (Å²) in [5.74, 6) is 0.247. The lowest BCUT2D eigenvalue weighted by Crippen LogP contribution is -2.09. The maximum Gasteiger partial charge on any atom is 0.0921 e. The first-order valence-corrected chi connectivity index (χ1v) is 7.62. The fraction of sp³-hybridized carbons (Fsp3) is 0.263. The standard InChI is InChI=1S/C19H21N3/c1-13-6-4-9-17(15(13)3)18(19-11-20-12-21-19)10-16-8-5-7-14(2)22-16/h4-9,11-12,18H,10H2,1-3H3,(H,20,21). The second-order valence-corrected chi connectivity index (χ2v) is 5.82. The van der Waals surface area contributed by atoms with E-state index in [1.165, 1.54) is 16.7 Å². The number of nitrogens with one attached hydrogen (secondary N) is 1. The number of rotatable bonds is 4. The second kappa shape index (κ2) is 6.14. The van der Waals surface area contributed by atoms with Crippen molar-refractivity contribution in [1.82, 2.24) is 15.0 Å². The van der Waals surface area contributed by atoms with E-state index in [1.807, 2.05) is 19.2 Å². The predicted molar refractivity (Wildman–Crippen MR) is 89.0 cm³/mol. The molecule has 0 saturated heterocycles. The van der Waals surface area contributed by atoms with Gasteiger partial charge in [0.25, 0.3) is 0 Å². The highest BCUT2D eigenvalue weighted by Gasteiger charge is 2.19. The summed E-state index contributed by atoms with van der Waals surface area (Å²) in [6, 6.07) is 12.7. The molecule has 0 fully saturated rings. The van der Waals surface area contributed by atoms with Crippen LogP contribution in [-0.4, -0.2) is 15.0 Å². The molecule has 3 rings (SSSR count). The van der Waals surface area contributed by atoms with Crippen molar-refractivity contribution in [2.45, 2.75) is 33.1 Å². The third-order valence-electron chi connectivity index (χ3n) is 4.28. The molecule has 0 aliphatic rings. The number of hydrogen-bond acceptors (Lipinski definition) is 2. The van der Waals surface area contributed by atoms with Crippen LogP contribution in [0, 0.1) is 20.8 Å². The van der Waals surface area contributed by atoms with Crippen LogP contribution in [0.15, 0.2) is 48.9 Å². The third kappa shape index (κ3) is 2.93. The SMILES string of the molecule is Cc1cccc(CC(c2cnc[nH]2)c2cccc(C)c2C)n1. The summed E-state index contributed by atoms with van der Waals surface area (Å²) in [4.78, 5) is 12.1. The molecular weight excluding hydrogens is 270 g/mol. The number of aryl methyl sites for hydroxylation is 2. The highest BCUT2D eigenvalue weighted by Crippen LogP contribution is 2.30. The normalized spacial score (nSPS) is 12.3. The van der Waals surface area contributed by atoms with Crippen molar-refractivity contribution in [3.63, 3.8) is 0 Å².